The van der Waals surface area contributed by atoms with Gasteiger partial charge in [0.1, 0.15) is 25.1 Å². The van der Waals surface area contributed by atoms with Gasteiger partial charge in [-0.25, -0.2) is 24.5 Å². The summed E-state index contributed by atoms with van der Waals surface area (Å²) < 4.78 is 1.97. The molecule has 4 rings (SSSR count). The normalized spacial score (nSPS) is 22.9. The van der Waals surface area contributed by atoms with Crippen molar-refractivity contribution in [2.75, 3.05) is 0 Å². The molecule has 2 aliphatic heterocycles. The van der Waals surface area contributed by atoms with Crippen molar-refractivity contribution >= 4 is 24.8 Å². The van der Waals surface area contributed by atoms with Gasteiger partial charge in [0.05, 0.1) is 0 Å². The zero-order valence-electron chi connectivity index (χ0n) is 10.3. The Morgan fingerprint density at radius 2 is 1.90 bits per heavy atom. The third kappa shape index (κ3) is 1.39. The van der Waals surface area contributed by atoms with E-state index in [-0.39, 0.29) is 4.48 Å². The van der Waals surface area contributed by atoms with Crippen LogP contribution in [0.4, 0.5) is 5.82 Å². The maximum absolute atomic E-state index is 4.26. The third-order valence-corrected chi connectivity index (χ3v) is 3.09. The van der Waals surface area contributed by atoms with Crippen molar-refractivity contribution in [3.63, 3.8) is 0 Å². The van der Waals surface area contributed by atoms with E-state index in [9.17, 15) is 0 Å². The SMILES string of the molecule is C1=NC=NC2=CN=C[N+]12c1cncn1-c1ncccn1. The van der Waals surface area contributed by atoms with E-state index in [0.717, 1.165) is 11.6 Å². The molecule has 8 nitrogen and oxygen atoms in total. The molecule has 2 aromatic rings. The van der Waals surface area contributed by atoms with Crippen molar-refractivity contribution in [1.82, 2.24) is 24.0 Å². The molecule has 1 unspecified atom stereocenters. The fourth-order valence-electron chi connectivity index (χ4n) is 2.17. The predicted molar refractivity (Wildman–Crippen MR) is 74.5 cm³/mol. The van der Waals surface area contributed by atoms with Gasteiger partial charge in [-0.05, 0) is 6.07 Å². The minimum atomic E-state index is 0.175. The molecule has 0 aliphatic carbocycles. The van der Waals surface area contributed by atoms with Crippen LogP contribution in [-0.4, -0.2) is 38.5 Å². The summed E-state index contributed by atoms with van der Waals surface area (Å²) >= 11 is 0. The molecule has 1 atom stereocenters. The predicted octanol–water partition coefficient (Wildman–Crippen LogP) is 0.881. The molecule has 0 spiro atoms. The quantitative estimate of drug-likeness (QED) is 0.756. The fourth-order valence-corrected chi connectivity index (χ4v) is 2.17. The fraction of sp³-hybridized carbons (Fsp3) is 0. The Kier molecular flexibility index (Phi) is 2.18. The van der Waals surface area contributed by atoms with Gasteiger partial charge in [-0.2, -0.15) is 9.98 Å². The average molecular weight is 265 g/mol. The lowest BCUT2D eigenvalue weighted by Crippen LogP contribution is -2.45. The van der Waals surface area contributed by atoms with Gasteiger partial charge in [0, 0.05) is 12.4 Å². The van der Waals surface area contributed by atoms with Crippen LogP contribution in [0.2, 0.25) is 0 Å². The van der Waals surface area contributed by atoms with E-state index in [1.54, 1.807) is 54.4 Å². The van der Waals surface area contributed by atoms with E-state index in [1.807, 2.05) is 0 Å². The number of rotatable bonds is 2. The molecule has 20 heavy (non-hydrogen) atoms. The summed E-state index contributed by atoms with van der Waals surface area (Å²) in [5.41, 5.74) is 0. The molecular formula is C12H9N8+. The molecule has 0 saturated heterocycles. The summed E-state index contributed by atoms with van der Waals surface area (Å²) in [7, 11) is 0. The van der Waals surface area contributed by atoms with Gasteiger partial charge >= 0.3 is 0 Å². The van der Waals surface area contributed by atoms with Crippen molar-refractivity contribution in [1.29, 1.82) is 0 Å². The minimum Gasteiger partial charge on any atom is -0.238 e. The maximum Gasteiger partial charge on any atom is 0.266 e. The number of hydrogen-bond donors (Lipinski definition) is 0. The van der Waals surface area contributed by atoms with Crippen molar-refractivity contribution in [3.05, 3.63) is 43.0 Å². The number of fused-ring (bicyclic) bond motifs is 1. The number of imidazole rings is 1. The molecular weight excluding hydrogens is 256 g/mol. The summed E-state index contributed by atoms with van der Waals surface area (Å²) in [5, 5.41) is 0. The largest absolute Gasteiger partial charge is 0.266 e. The zero-order chi connectivity index (χ0) is 13.4. The highest BCUT2D eigenvalue weighted by molar-refractivity contribution is 6.01. The van der Waals surface area contributed by atoms with Gasteiger partial charge in [-0.1, -0.05) is 0 Å². The monoisotopic (exact) mass is 265 g/mol. The van der Waals surface area contributed by atoms with Gasteiger partial charge in [0.15, 0.2) is 0 Å². The number of nitrogens with zero attached hydrogens (tertiary/aromatic N) is 8. The van der Waals surface area contributed by atoms with Crippen molar-refractivity contribution in [2.45, 2.75) is 0 Å². The second-order valence-corrected chi connectivity index (χ2v) is 4.21. The topological polar surface area (TPSA) is 80.7 Å². The van der Waals surface area contributed by atoms with Gasteiger partial charge < -0.3 is 0 Å². The van der Waals surface area contributed by atoms with Crippen LogP contribution in [0.25, 0.3) is 5.95 Å². The molecule has 0 amide bonds. The molecule has 2 aliphatic rings. The summed E-state index contributed by atoms with van der Waals surface area (Å²) in [5.74, 6) is 2.08. The van der Waals surface area contributed by atoms with Crippen molar-refractivity contribution in [3.8, 4) is 5.95 Å². The Morgan fingerprint density at radius 1 is 1.05 bits per heavy atom. The lowest BCUT2D eigenvalue weighted by atomic mass is 10.4. The summed E-state index contributed by atoms with van der Waals surface area (Å²) in [4.78, 5) is 25.3. The molecule has 0 saturated carbocycles. The lowest BCUT2D eigenvalue weighted by molar-refractivity contribution is 0.698. The summed E-state index contributed by atoms with van der Waals surface area (Å²) in [6.07, 6.45) is 13.4. The molecule has 96 valence electrons. The first-order chi connectivity index (χ1) is 9.90. The van der Waals surface area contributed by atoms with Crippen molar-refractivity contribution < 1.29 is 0 Å². The Morgan fingerprint density at radius 3 is 2.80 bits per heavy atom. The zero-order valence-corrected chi connectivity index (χ0v) is 10.3. The van der Waals surface area contributed by atoms with Gasteiger partial charge in [0.25, 0.3) is 11.6 Å². The van der Waals surface area contributed by atoms with Gasteiger partial charge in [-0.3, -0.25) is 0 Å². The molecule has 0 N–H and O–H groups in total. The van der Waals surface area contributed by atoms with E-state index in [0.29, 0.717) is 5.95 Å². The molecule has 0 aromatic carbocycles. The smallest absolute Gasteiger partial charge is 0.238 e. The van der Waals surface area contributed by atoms with E-state index in [4.69, 9.17) is 0 Å². The average Bonchev–Trinajstić information content (AvgIpc) is 3.15. The van der Waals surface area contributed by atoms with Crippen LogP contribution in [0.15, 0.2) is 58.0 Å². The van der Waals surface area contributed by atoms with E-state index >= 15 is 0 Å². The summed E-state index contributed by atoms with van der Waals surface area (Å²) in [6.45, 7) is 0. The van der Waals surface area contributed by atoms with Crippen LogP contribution in [0.3, 0.4) is 0 Å². The highest BCUT2D eigenvalue weighted by atomic mass is 15.5. The number of aromatic nitrogens is 4. The first-order valence-corrected chi connectivity index (χ1v) is 5.91. The van der Waals surface area contributed by atoms with Crippen LogP contribution in [0.5, 0.6) is 0 Å². The first kappa shape index (κ1) is 10.9. The maximum atomic E-state index is 4.26. The van der Waals surface area contributed by atoms with Crippen LogP contribution < -0.4 is 4.48 Å². The lowest BCUT2D eigenvalue weighted by Gasteiger charge is -2.25. The third-order valence-electron chi connectivity index (χ3n) is 3.09. The van der Waals surface area contributed by atoms with Crippen molar-refractivity contribution in [2.24, 2.45) is 15.0 Å². The van der Waals surface area contributed by atoms with Crippen LogP contribution >= 0.6 is 0 Å². The standard InChI is InChI=1S/C12H9N8/c1-2-16-12(17-3-1)19-7-13-5-11(19)20-8-14-4-10(20)18-6-15-9-20/h1-9H/q+1. The second-order valence-electron chi connectivity index (χ2n) is 4.21. The molecule has 4 heterocycles. The van der Waals surface area contributed by atoms with Crippen LogP contribution in [-0.2, 0) is 0 Å². The number of aliphatic imine (C=N–C) groups is 3. The van der Waals surface area contributed by atoms with Gasteiger partial charge in [-0.15, -0.1) is 4.48 Å². The Bertz CT molecular complexity index is 770. The molecule has 0 bridgehead atoms. The first-order valence-electron chi connectivity index (χ1n) is 5.91. The molecule has 2 aromatic heterocycles. The number of hydrogen-bond acceptors (Lipinski definition) is 6. The minimum absolute atomic E-state index is 0.175. The van der Waals surface area contributed by atoms with E-state index in [1.165, 1.54) is 6.34 Å². The van der Waals surface area contributed by atoms with Crippen LogP contribution in [0.1, 0.15) is 0 Å². The Hall–Kier alpha value is -3.00. The Balaban J connectivity index is 1.91. The number of quaternary nitrogens is 1. The summed E-state index contributed by atoms with van der Waals surface area (Å²) in [6, 6.07) is 1.77. The Labute approximate surface area is 113 Å². The second kappa shape index (κ2) is 4.00. The molecule has 0 fully saturated rings. The van der Waals surface area contributed by atoms with E-state index < -0.39 is 0 Å². The molecule has 0 radical (unpaired) electrons. The molecule has 8 heteroatoms. The highest BCUT2D eigenvalue weighted by Gasteiger charge is 2.41. The van der Waals surface area contributed by atoms with E-state index in [2.05, 4.69) is 29.9 Å². The van der Waals surface area contributed by atoms with Gasteiger partial charge in [0.2, 0.25) is 18.6 Å². The van der Waals surface area contributed by atoms with Crippen LogP contribution in [0, 0.1) is 0 Å². The highest BCUT2D eigenvalue weighted by Crippen LogP contribution is 2.31.